The van der Waals surface area contributed by atoms with Gasteiger partial charge < -0.3 is 13.7 Å². The number of ether oxygens (including phenoxy) is 2. The van der Waals surface area contributed by atoms with Gasteiger partial charge in [0, 0.05) is 28.7 Å². The molecule has 226 valence electrons. The van der Waals surface area contributed by atoms with Crippen molar-refractivity contribution in [2.24, 2.45) is 5.10 Å². The van der Waals surface area contributed by atoms with E-state index in [0.717, 1.165) is 28.7 Å². The molecule has 2 rings (SSSR count). The van der Waals surface area contributed by atoms with Gasteiger partial charge in [-0.05, 0) is 64.1 Å². The molecule has 16 heteroatoms. The highest BCUT2D eigenvalue weighted by Gasteiger charge is 2.48. The summed E-state index contributed by atoms with van der Waals surface area (Å²) in [5.74, 6) is -0.996. The van der Waals surface area contributed by atoms with Crippen molar-refractivity contribution >= 4 is 51.6 Å². The van der Waals surface area contributed by atoms with Crippen LogP contribution in [0.1, 0.15) is 45.2 Å². The summed E-state index contributed by atoms with van der Waals surface area (Å²) in [4.78, 5) is 24.9. The molecular formula is C25H29ClF3N3O7S2. The molecule has 0 heterocycles. The van der Waals surface area contributed by atoms with E-state index < -0.39 is 33.4 Å². The molecule has 0 fully saturated rings. The highest BCUT2D eigenvalue weighted by molar-refractivity contribution is 7.95. The minimum Gasteiger partial charge on any atom is -0.466 e. The fourth-order valence-electron chi connectivity index (χ4n) is 3.02. The molecule has 0 atom stereocenters. The normalized spacial score (nSPS) is 12.4. The number of esters is 1. The second-order valence-electron chi connectivity index (χ2n) is 8.31. The van der Waals surface area contributed by atoms with Crippen molar-refractivity contribution < 1.29 is 44.8 Å². The number of carbonyl (C=O) groups is 2. The molecule has 2 aromatic carbocycles. The van der Waals surface area contributed by atoms with Crippen molar-refractivity contribution in [3.63, 3.8) is 0 Å². The van der Waals surface area contributed by atoms with Crippen molar-refractivity contribution in [1.29, 1.82) is 0 Å². The van der Waals surface area contributed by atoms with E-state index in [9.17, 15) is 31.2 Å². The molecule has 0 saturated carbocycles. The average Bonchev–Trinajstić information content (AvgIpc) is 2.89. The first kappa shape index (κ1) is 34.2. The number of hydrogen-bond acceptors (Lipinski definition) is 10. The van der Waals surface area contributed by atoms with E-state index in [2.05, 4.69) is 9.28 Å². The number of hydrazone groups is 1. The summed E-state index contributed by atoms with van der Waals surface area (Å²) in [6.07, 6.45) is -0.784. The fourth-order valence-corrected chi connectivity index (χ4v) is 4.40. The Morgan fingerprint density at radius 2 is 1.51 bits per heavy atom. The Bertz CT molecular complexity index is 1310. The van der Waals surface area contributed by atoms with E-state index in [0.29, 0.717) is 16.1 Å². The second kappa shape index (κ2) is 15.3. The molecule has 10 nitrogen and oxygen atoms in total. The van der Waals surface area contributed by atoms with Gasteiger partial charge in [-0.15, -0.1) is 4.41 Å². The Balaban J connectivity index is 2.53. The van der Waals surface area contributed by atoms with Crippen LogP contribution in [0, 0.1) is 0 Å². The maximum Gasteiger partial charge on any atom is 0.534 e. The third-order valence-electron chi connectivity index (χ3n) is 4.95. The largest absolute Gasteiger partial charge is 0.534 e. The maximum absolute atomic E-state index is 12.9. The zero-order valence-corrected chi connectivity index (χ0v) is 24.9. The Labute approximate surface area is 245 Å². The first-order valence-corrected chi connectivity index (χ1v) is 14.7. The van der Waals surface area contributed by atoms with Crippen LogP contribution in [-0.4, -0.2) is 66.2 Å². The van der Waals surface area contributed by atoms with Crippen LogP contribution in [0.4, 0.5) is 18.0 Å². The number of carbonyl (C=O) groups excluding carboxylic acids is 2. The molecule has 0 bridgehead atoms. The SMILES string of the molecule is CCOC(=O)CCN(SN(N=C(c1ccc(Cl)cc1)c1ccc(OS(=O)(=O)C(F)(F)F)cc1)C(=O)OCC)C(C)C. The zero-order chi connectivity index (χ0) is 30.8. The summed E-state index contributed by atoms with van der Waals surface area (Å²) >= 11 is 6.91. The zero-order valence-electron chi connectivity index (χ0n) is 22.6. The lowest BCUT2D eigenvalue weighted by Crippen LogP contribution is -2.33. The molecule has 0 aromatic heterocycles. The minimum atomic E-state index is -5.87. The summed E-state index contributed by atoms with van der Waals surface area (Å²) in [5, 5.41) is 4.91. The summed E-state index contributed by atoms with van der Waals surface area (Å²) < 4.78 is 78.0. The molecule has 1 amide bonds. The van der Waals surface area contributed by atoms with Crippen LogP contribution < -0.4 is 4.18 Å². The Morgan fingerprint density at radius 1 is 0.976 bits per heavy atom. The summed E-state index contributed by atoms with van der Waals surface area (Å²) in [7, 11) is -5.87. The number of nitrogens with zero attached hydrogens (tertiary/aromatic N) is 3. The summed E-state index contributed by atoms with van der Waals surface area (Å²) in [6.45, 7) is 7.46. The molecule has 0 radical (unpaired) electrons. The number of halogens is 4. The molecule has 0 aliphatic rings. The van der Waals surface area contributed by atoms with Crippen molar-refractivity contribution in [3.05, 3.63) is 64.7 Å². The van der Waals surface area contributed by atoms with Gasteiger partial charge in [-0.3, -0.25) is 4.79 Å². The predicted molar refractivity (Wildman–Crippen MR) is 149 cm³/mol. The summed E-state index contributed by atoms with van der Waals surface area (Å²) in [6, 6.07) is 10.8. The van der Waals surface area contributed by atoms with Gasteiger partial charge in [-0.1, -0.05) is 23.7 Å². The van der Waals surface area contributed by atoms with Gasteiger partial charge in [-0.2, -0.15) is 26.7 Å². The van der Waals surface area contributed by atoms with Crippen LogP contribution in [0.3, 0.4) is 0 Å². The Kier molecular flexibility index (Phi) is 12.7. The van der Waals surface area contributed by atoms with Gasteiger partial charge in [0.25, 0.3) is 0 Å². The number of amides is 1. The molecule has 2 aromatic rings. The average molecular weight is 640 g/mol. The topological polar surface area (TPSA) is 115 Å². The first-order chi connectivity index (χ1) is 19.2. The number of hydrogen-bond donors (Lipinski definition) is 0. The second-order valence-corrected chi connectivity index (χ2v) is 11.3. The van der Waals surface area contributed by atoms with E-state index in [1.54, 1.807) is 42.4 Å². The molecule has 0 aliphatic heterocycles. The van der Waals surface area contributed by atoms with E-state index in [1.807, 2.05) is 13.8 Å². The van der Waals surface area contributed by atoms with E-state index in [-0.39, 0.29) is 37.9 Å². The minimum absolute atomic E-state index is 0.0336. The van der Waals surface area contributed by atoms with Crippen LogP contribution in [0.15, 0.2) is 53.6 Å². The molecule has 0 saturated heterocycles. The highest BCUT2D eigenvalue weighted by atomic mass is 35.5. The third kappa shape index (κ3) is 10.4. The van der Waals surface area contributed by atoms with Gasteiger partial charge in [0.15, 0.2) is 0 Å². The van der Waals surface area contributed by atoms with E-state index >= 15 is 0 Å². The van der Waals surface area contributed by atoms with Gasteiger partial charge in [0.05, 0.1) is 37.5 Å². The van der Waals surface area contributed by atoms with Gasteiger partial charge >= 0.3 is 27.7 Å². The van der Waals surface area contributed by atoms with Crippen LogP contribution in [0.5, 0.6) is 5.75 Å². The fraction of sp³-hybridized carbons (Fsp3) is 0.400. The van der Waals surface area contributed by atoms with E-state index in [1.165, 1.54) is 12.1 Å². The number of alkyl halides is 3. The summed E-state index contributed by atoms with van der Waals surface area (Å²) in [5.41, 5.74) is -4.68. The molecule has 0 aliphatic carbocycles. The lowest BCUT2D eigenvalue weighted by atomic mass is 10.0. The van der Waals surface area contributed by atoms with Crippen LogP contribution in [0.25, 0.3) is 0 Å². The molecule has 0 spiro atoms. The standard InChI is InChI=1S/C25H29ClF3N3O7S2/c1-5-37-22(33)15-16-31(17(3)4)40-32(24(34)38-6-2)30-23(18-7-11-20(26)12-8-18)19-9-13-21(14-10-19)39-41(35,36)25(27,28)29/h7-14,17H,5-6,15-16H2,1-4H3. The number of rotatable bonds is 13. The maximum atomic E-state index is 12.9. The van der Waals surface area contributed by atoms with Crippen molar-refractivity contribution in [1.82, 2.24) is 8.72 Å². The van der Waals surface area contributed by atoms with Crippen LogP contribution >= 0.6 is 23.7 Å². The molecule has 0 N–H and O–H groups in total. The predicted octanol–water partition coefficient (Wildman–Crippen LogP) is 6.01. The molecule has 0 unspecified atom stereocenters. The van der Waals surface area contributed by atoms with Crippen LogP contribution in [-0.2, 0) is 24.4 Å². The van der Waals surface area contributed by atoms with Gasteiger partial charge in [0.2, 0.25) is 0 Å². The highest BCUT2D eigenvalue weighted by Crippen LogP contribution is 2.28. The number of benzene rings is 2. The lowest BCUT2D eigenvalue weighted by Gasteiger charge is -2.28. The van der Waals surface area contributed by atoms with E-state index in [4.69, 9.17) is 21.1 Å². The van der Waals surface area contributed by atoms with Crippen molar-refractivity contribution in [3.8, 4) is 5.75 Å². The smallest absolute Gasteiger partial charge is 0.466 e. The molecular weight excluding hydrogens is 611 g/mol. The quantitative estimate of drug-likeness (QED) is 0.0649. The molecule has 41 heavy (non-hydrogen) atoms. The monoisotopic (exact) mass is 639 g/mol. The van der Waals surface area contributed by atoms with Crippen molar-refractivity contribution in [2.75, 3.05) is 19.8 Å². The Hall–Kier alpha value is -3.01. The van der Waals surface area contributed by atoms with Gasteiger partial charge in [-0.25, -0.2) is 9.10 Å². The lowest BCUT2D eigenvalue weighted by molar-refractivity contribution is -0.143. The third-order valence-corrected chi connectivity index (χ3v) is 7.38. The van der Waals surface area contributed by atoms with Crippen molar-refractivity contribution in [2.45, 2.75) is 45.7 Å². The van der Waals surface area contributed by atoms with Crippen LogP contribution in [0.2, 0.25) is 5.02 Å². The Morgan fingerprint density at radius 3 is 2.00 bits per heavy atom. The van der Waals surface area contributed by atoms with Gasteiger partial charge in [0.1, 0.15) is 5.75 Å². The first-order valence-electron chi connectivity index (χ1n) is 12.2.